The average Bonchev–Trinajstić information content (AvgIpc) is 3.27. The predicted molar refractivity (Wildman–Crippen MR) is 91.7 cm³/mol. The molecule has 1 aliphatic carbocycles. The van der Waals surface area contributed by atoms with E-state index in [9.17, 15) is 9.59 Å². The van der Waals surface area contributed by atoms with Crippen molar-refractivity contribution in [1.29, 1.82) is 0 Å². The molecule has 2 unspecified atom stereocenters. The van der Waals surface area contributed by atoms with Crippen molar-refractivity contribution < 1.29 is 9.59 Å². The molecule has 0 aromatic carbocycles. The van der Waals surface area contributed by atoms with Gasteiger partial charge in [-0.05, 0) is 32.1 Å². The molecular weight excluding hydrogens is 296 g/mol. The smallest absolute Gasteiger partial charge is 0.246 e. The Bertz CT molecular complexity index is 392. The van der Waals surface area contributed by atoms with E-state index in [-0.39, 0.29) is 29.1 Å². The lowest BCUT2D eigenvalue weighted by Crippen LogP contribution is -2.52. The summed E-state index contributed by atoms with van der Waals surface area (Å²) >= 11 is 1.80. The van der Waals surface area contributed by atoms with Gasteiger partial charge in [-0.15, -0.1) is 11.8 Å². The Morgan fingerprint density at radius 3 is 2.23 bits per heavy atom. The summed E-state index contributed by atoms with van der Waals surface area (Å²) in [6, 6.07) is -0.229. The first kappa shape index (κ1) is 17.6. The highest BCUT2D eigenvalue weighted by atomic mass is 32.2. The molecule has 2 aliphatic rings. The van der Waals surface area contributed by atoms with Crippen LogP contribution in [0.5, 0.6) is 0 Å². The molecule has 4 nitrogen and oxygen atoms in total. The van der Waals surface area contributed by atoms with Crippen molar-refractivity contribution in [1.82, 2.24) is 9.80 Å². The lowest BCUT2D eigenvalue weighted by molar-refractivity contribution is -0.145. The van der Waals surface area contributed by atoms with Crippen LogP contribution in [-0.2, 0) is 9.59 Å². The second-order valence-corrected chi connectivity index (χ2v) is 7.65. The van der Waals surface area contributed by atoms with Crippen LogP contribution < -0.4 is 0 Å². The maximum absolute atomic E-state index is 13.0. The molecule has 0 aromatic heterocycles. The van der Waals surface area contributed by atoms with Gasteiger partial charge in [0.1, 0.15) is 6.04 Å². The summed E-state index contributed by atoms with van der Waals surface area (Å²) in [6.07, 6.45) is 6.01. The molecule has 1 saturated carbocycles. The molecule has 2 amide bonds. The van der Waals surface area contributed by atoms with Gasteiger partial charge < -0.3 is 9.80 Å². The molecular formula is C17H30N2O2S. The minimum absolute atomic E-state index is 0.170. The number of carbonyl (C=O) groups is 2. The average molecular weight is 327 g/mol. The van der Waals surface area contributed by atoms with E-state index in [4.69, 9.17) is 0 Å². The highest BCUT2D eigenvalue weighted by Crippen LogP contribution is 2.39. The topological polar surface area (TPSA) is 40.6 Å². The highest BCUT2D eigenvalue weighted by molar-refractivity contribution is 8.00. The van der Waals surface area contributed by atoms with Crippen LogP contribution in [0.2, 0.25) is 0 Å². The monoisotopic (exact) mass is 326 g/mol. The van der Waals surface area contributed by atoms with Gasteiger partial charge in [0, 0.05) is 24.8 Å². The fourth-order valence-electron chi connectivity index (χ4n) is 3.14. The molecule has 2 rings (SSSR count). The van der Waals surface area contributed by atoms with E-state index in [0.29, 0.717) is 0 Å². The van der Waals surface area contributed by atoms with Crippen molar-refractivity contribution in [3.8, 4) is 0 Å². The van der Waals surface area contributed by atoms with Gasteiger partial charge in [-0.2, -0.15) is 0 Å². The zero-order chi connectivity index (χ0) is 16.1. The first-order valence-electron chi connectivity index (χ1n) is 8.86. The van der Waals surface area contributed by atoms with Crippen LogP contribution in [0.1, 0.15) is 59.3 Å². The van der Waals surface area contributed by atoms with Crippen molar-refractivity contribution in [3.05, 3.63) is 0 Å². The standard InChI is InChI=1S/C17H30N2O2S/c1-4-7-15-19(16(20)13-8-9-13)14(12-22-15)17(21)18(10-5-2)11-6-3/h13-15H,4-12H2,1-3H3. The molecule has 0 radical (unpaired) electrons. The van der Waals surface area contributed by atoms with E-state index in [1.165, 1.54) is 0 Å². The minimum atomic E-state index is -0.229. The Balaban J connectivity index is 2.11. The van der Waals surface area contributed by atoms with E-state index in [2.05, 4.69) is 20.8 Å². The van der Waals surface area contributed by atoms with Crippen molar-refractivity contribution in [2.45, 2.75) is 70.7 Å². The Hall–Kier alpha value is -0.710. The van der Waals surface area contributed by atoms with Crippen LogP contribution in [0.3, 0.4) is 0 Å². The van der Waals surface area contributed by atoms with E-state index < -0.39 is 0 Å². The normalized spacial score (nSPS) is 24.6. The van der Waals surface area contributed by atoms with Gasteiger partial charge >= 0.3 is 0 Å². The predicted octanol–water partition coefficient (Wildman–Crippen LogP) is 3.12. The summed E-state index contributed by atoms with van der Waals surface area (Å²) in [4.78, 5) is 29.6. The van der Waals surface area contributed by atoms with Gasteiger partial charge in [0.05, 0.1) is 5.37 Å². The summed E-state index contributed by atoms with van der Waals surface area (Å²) in [5.41, 5.74) is 0. The van der Waals surface area contributed by atoms with Crippen LogP contribution in [-0.4, -0.2) is 51.9 Å². The lowest BCUT2D eigenvalue weighted by Gasteiger charge is -2.32. The van der Waals surface area contributed by atoms with Crippen LogP contribution in [0.4, 0.5) is 0 Å². The van der Waals surface area contributed by atoms with Gasteiger partial charge in [0.25, 0.3) is 0 Å². The van der Waals surface area contributed by atoms with Crippen LogP contribution >= 0.6 is 11.8 Å². The number of carbonyl (C=O) groups excluding carboxylic acids is 2. The minimum Gasteiger partial charge on any atom is -0.341 e. The van der Waals surface area contributed by atoms with Gasteiger partial charge in [-0.3, -0.25) is 9.59 Å². The number of hydrogen-bond donors (Lipinski definition) is 0. The molecule has 2 fully saturated rings. The van der Waals surface area contributed by atoms with Crippen molar-refractivity contribution in [2.75, 3.05) is 18.8 Å². The maximum atomic E-state index is 13.0. The first-order valence-corrected chi connectivity index (χ1v) is 9.91. The van der Waals surface area contributed by atoms with Gasteiger partial charge in [-0.25, -0.2) is 0 Å². The van der Waals surface area contributed by atoms with Crippen molar-refractivity contribution >= 4 is 23.6 Å². The quantitative estimate of drug-likeness (QED) is 0.688. The fraction of sp³-hybridized carbons (Fsp3) is 0.882. The highest BCUT2D eigenvalue weighted by Gasteiger charge is 2.46. The van der Waals surface area contributed by atoms with E-state index >= 15 is 0 Å². The molecule has 1 heterocycles. The van der Waals surface area contributed by atoms with Gasteiger partial charge in [-0.1, -0.05) is 27.2 Å². The SMILES string of the molecule is CCCC1SCC(C(=O)N(CCC)CCC)N1C(=O)C1CC1. The zero-order valence-electron chi connectivity index (χ0n) is 14.2. The number of amides is 2. The van der Waals surface area contributed by atoms with E-state index in [0.717, 1.165) is 57.4 Å². The van der Waals surface area contributed by atoms with Gasteiger partial charge in [0.15, 0.2) is 0 Å². The van der Waals surface area contributed by atoms with Crippen LogP contribution in [0, 0.1) is 5.92 Å². The molecule has 1 saturated heterocycles. The summed E-state index contributed by atoms with van der Waals surface area (Å²) in [5.74, 6) is 1.36. The Kier molecular flexibility index (Phi) is 6.60. The molecule has 1 aliphatic heterocycles. The molecule has 0 bridgehead atoms. The molecule has 126 valence electrons. The largest absolute Gasteiger partial charge is 0.341 e. The van der Waals surface area contributed by atoms with E-state index in [1.54, 1.807) is 11.8 Å². The Morgan fingerprint density at radius 2 is 1.73 bits per heavy atom. The number of nitrogens with zero attached hydrogens (tertiary/aromatic N) is 2. The molecule has 0 N–H and O–H groups in total. The van der Waals surface area contributed by atoms with Crippen molar-refractivity contribution in [2.24, 2.45) is 5.92 Å². The molecule has 0 spiro atoms. The fourth-order valence-corrected chi connectivity index (χ4v) is 4.66. The Morgan fingerprint density at radius 1 is 1.09 bits per heavy atom. The summed E-state index contributed by atoms with van der Waals surface area (Å²) < 4.78 is 0. The zero-order valence-corrected chi connectivity index (χ0v) is 15.0. The van der Waals surface area contributed by atoms with E-state index in [1.807, 2.05) is 9.80 Å². The number of rotatable bonds is 8. The first-order chi connectivity index (χ1) is 10.6. The molecule has 22 heavy (non-hydrogen) atoms. The molecule has 5 heteroatoms. The summed E-state index contributed by atoms with van der Waals surface area (Å²) in [6.45, 7) is 7.96. The third kappa shape index (κ3) is 3.98. The molecule has 0 aromatic rings. The van der Waals surface area contributed by atoms with Gasteiger partial charge in [0.2, 0.25) is 11.8 Å². The molecule has 2 atom stereocenters. The van der Waals surface area contributed by atoms with Crippen LogP contribution in [0.25, 0.3) is 0 Å². The number of hydrogen-bond acceptors (Lipinski definition) is 3. The van der Waals surface area contributed by atoms with Crippen LogP contribution in [0.15, 0.2) is 0 Å². The van der Waals surface area contributed by atoms with Crippen molar-refractivity contribution in [3.63, 3.8) is 0 Å². The second kappa shape index (κ2) is 8.23. The second-order valence-electron chi connectivity index (χ2n) is 6.44. The Labute approximate surface area is 139 Å². The number of thioether (sulfide) groups is 1. The lowest BCUT2D eigenvalue weighted by atomic mass is 10.1. The maximum Gasteiger partial charge on any atom is 0.246 e. The summed E-state index contributed by atoms with van der Waals surface area (Å²) in [7, 11) is 0. The third-order valence-corrected chi connectivity index (χ3v) is 5.75. The third-order valence-electron chi connectivity index (χ3n) is 4.39. The summed E-state index contributed by atoms with van der Waals surface area (Å²) in [5, 5.41) is 0.206.